The molecule has 110 valence electrons. The second-order valence-corrected chi connectivity index (χ2v) is 5.51. The van der Waals surface area contributed by atoms with Crippen LogP contribution in [-0.2, 0) is 0 Å². The number of hydrogen-bond acceptors (Lipinski definition) is 2. The van der Waals surface area contributed by atoms with Crippen LogP contribution in [0.15, 0.2) is 12.1 Å². The van der Waals surface area contributed by atoms with E-state index in [-0.39, 0.29) is 11.6 Å². The van der Waals surface area contributed by atoms with Crippen LogP contribution in [0.4, 0.5) is 10.5 Å². The summed E-state index contributed by atoms with van der Waals surface area (Å²) in [7, 11) is 1.69. The fourth-order valence-electron chi connectivity index (χ4n) is 2.14. The van der Waals surface area contributed by atoms with Crippen LogP contribution < -0.4 is 5.32 Å². The number of carboxylic acids is 1. The van der Waals surface area contributed by atoms with Crippen molar-refractivity contribution in [2.45, 2.75) is 27.7 Å². The molecule has 2 amide bonds. The lowest BCUT2D eigenvalue weighted by atomic mass is 10.0. The van der Waals surface area contributed by atoms with Gasteiger partial charge in [-0.25, -0.2) is 9.59 Å². The molecular weight excluding hydrogens is 256 g/mol. The van der Waals surface area contributed by atoms with E-state index in [1.807, 2.05) is 26.8 Å². The minimum atomic E-state index is -1.04. The zero-order valence-electron chi connectivity index (χ0n) is 12.7. The number of rotatable bonds is 4. The standard InChI is InChI=1S/C15H22N2O3/c1-9(2)8-17(5)15(20)16-13-11(4)6-10(3)7-12(13)14(18)19/h6-7,9H,8H2,1-5H3,(H,16,20)(H,18,19). The summed E-state index contributed by atoms with van der Waals surface area (Å²) >= 11 is 0. The molecule has 0 bridgehead atoms. The van der Waals surface area contributed by atoms with Crippen molar-refractivity contribution in [1.29, 1.82) is 0 Å². The summed E-state index contributed by atoms with van der Waals surface area (Å²) < 4.78 is 0. The summed E-state index contributed by atoms with van der Waals surface area (Å²) in [5.41, 5.74) is 2.08. The molecule has 5 nitrogen and oxygen atoms in total. The molecule has 0 unspecified atom stereocenters. The van der Waals surface area contributed by atoms with Crippen molar-refractivity contribution in [2.24, 2.45) is 5.92 Å². The number of aryl methyl sites for hydroxylation is 2. The summed E-state index contributed by atoms with van der Waals surface area (Å²) in [6.07, 6.45) is 0. The van der Waals surface area contributed by atoms with Gasteiger partial charge in [-0.3, -0.25) is 0 Å². The highest BCUT2D eigenvalue weighted by molar-refractivity contribution is 6.01. The van der Waals surface area contributed by atoms with Crippen LogP contribution in [0.5, 0.6) is 0 Å². The van der Waals surface area contributed by atoms with Crippen LogP contribution in [0.1, 0.15) is 35.3 Å². The number of benzene rings is 1. The summed E-state index contributed by atoms with van der Waals surface area (Å²) in [4.78, 5) is 24.9. The quantitative estimate of drug-likeness (QED) is 0.889. The lowest BCUT2D eigenvalue weighted by molar-refractivity contribution is 0.0698. The Kier molecular flexibility index (Phi) is 5.13. The van der Waals surface area contributed by atoms with Gasteiger partial charge < -0.3 is 15.3 Å². The summed E-state index contributed by atoms with van der Waals surface area (Å²) in [6, 6.07) is 3.12. The molecular formula is C15H22N2O3. The minimum absolute atomic E-state index is 0.119. The van der Waals surface area contributed by atoms with Crippen LogP contribution in [0.3, 0.4) is 0 Å². The first-order valence-corrected chi connectivity index (χ1v) is 6.59. The van der Waals surface area contributed by atoms with Gasteiger partial charge in [0.1, 0.15) is 0 Å². The average molecular weight is 278 g/mol. The molecule has 0 aromatic heterocycles. The molecule has 1 aromatic carbocycles. The van der Waals surface area contributed by atoms with Crippen molar-refractivity contribution in [3.8, 4) is 0 Å². The zero-order valence-corrected chi connectivity index (χ0v) is 12.7. The van der Waals surface area contributed by atoms with Crippen LogP contribution in [0.2, 0.25) is 0 Å². The number of carbonyl (C=O) groups is 2. The predicted octanol–water partition coefficient (Wildman–Crippen LogP) is 3.12. The summed E-state index contributed by atoms with van der Waals surface area (Å²) in [5.74, 6) is -0.692. The molecule has 0 saturated carbocycles. The number of nitrogens with zero attached hydrogens (tertiary/aromatic N) is 1. The number of nitrogens with one attached hydrogen (secondary N) is 1. The lowest BCUT2D eigenvalue weighted by Crippen LogP contribution is -2.34. The highest BCUT2D eigenvalue weighted by Gasteiger charge is 2.17. The van der Waals surface area contributed by atoms with Gasteiger partial charge in [0.05, 0.1) is 11.3 Å². The molecule has 0 spiro atoms. The molecule has 0 fully saturated rings. The van der Waals surface area contributed by atoms with Crippen molar-refractivity contribution in [3.05, 3.63) is 28.8 Å². The van der Waals surface area contributed by atoms with Gasteiger partial charge in [0.15, 0.2) is 0 Å². The average Bonchev–Trinajstić information content (AvgIpc) is 2.30. The third-order valence-corrected chi connectivity index (χ3v) is 2.93. The SMILES string of the molecule is Cc1cc(C)c(NC(=O)N(C)CC(C)C)c(C(=O)O)c1. The Balaban J connectivity index is 3.03. The number of urea groups is 1. The molecule has 0 atom stereocenters. The van der Waals surface area contributed by atoms with E-state index in [1.54, 1.807) is 24.9 Å². The van der Waals surface area contributed by atoms with E-state index in [2.05, 4.69) is 5.32 Å². The van der Waals surface area contributed by atoms with Crippen molar-refractivity contribution >= 4 is 17.7 Å². The van der Waals surface area contributed by atoms with Gasteiger partial charge in [-0.15, -0.1) is 0 Å². The first kappa shape index (κ1) is 16.0. The zero-order chi connectivity index (χ0) is 15.4. The number of anilines is 1. The number of aromatic carboxylic acids is 1. The number of amides is 2. The van der Waals surface area contributed by atoms with Gasteiger partial charge in [0.2, 0.25) is 0 Å². The van der Waals surface area contributed by atoms with E-state index < -0.39 is 5.97 Å². The van der Waals surface area contributed by atoms with Crippen molar-refractivity contribution in [3.63, 3.8) is 0 Å². The van der Waals surface area contributed by atoms with Crippen LogP contribution in [-0.4, -0.2) is 35.6 Å². The Morgan fingerprint density at radius 2 is 1.90 bits per heavy atom. The van der Waals surface area contributed by atoms with Crippen molar-refractivity contribution in [2.75, 3.05) is 18.9 Å². The smallest absolute Gasteiger partial charge is 0.337 e. The van der Waals surface area contributed by atoms with E-state index in [9.17, 15) is 14.7 Å². The van der Waals surface area contributed by atoms with Gasteiger partial charge in [-0.1, -0.05) is 19.9 Å². The molecule has 0 aliphatic heterocycles. The molecule has 1 aromatic rings. The Labute approximate surface area is 119 Å². The van der Waals surface area contributed by atoms with E-state index >= 15 is 0 Å². The highest BCUT2D eigenvalue weighted by Crippen LogP contribution is 2.23. The molecule has 0 aliphatic rings. The molecule has 1 rings (SSSR count). The minimum Gasteiger partial charge on any atom is -0.478 e. The van der Waals surface area contributed by atoms with Crippen LogP contribution >= 0.6 is 0 Å². The Morgan fingerprint density at radius 1 is 1.30 bits per heavy atom. The monoisotopic (exact) mass is 278 g/mol. The molecule has 0 radical (unpaired) electrons. The van der Waals surface area contributed by atoms with Crippen LogP contribution in [0.25, 0.3) is 0 Å². The molecule has 5 heteroatoms. The second kappa shape index (κ2) is 6.41. The van der Waals surface area contributed by atoms with Crippen molar-refractivity contribution in [1.82, 2.24) is 4.90 Å². The van der Waals surface area contributed by atoms with Gasteiger partial charge in [0, 0.05) is 13.6 Å². The summed E-state index contributed by atoms with van der Waals surface area (Å²) in [5, 5.41) is 11.9. The number of carboxylic acid groups (broad SMARTS) is 1. The first-order valence-electron chi connectivity index (χ1n) is 6.59. The molecule has 20 heavy (non-hydrogen) atoms. The molecule has 2 N–H and O–H groups in total. The fraction of sp³-hybridized carbons (Fsp3) is 0.467. The van der Waals surface area contributed by atoms with Crippen LogP contribution in [0, 0.1) is 19.8 Å². The Hall–Kier alpha value is -2.04. The van der Waals surface area contributed by atoms with E-state index in [0.717, 1.165) is 11.1 Å². The maximum atomic E-state index is 12.1. The second-order valence-electron chi connectivity index (χ2n) is 5.51. The molecule has 0 heterocycles. The van der Waals surface area contributed by atoms with E-state index in [1.165, 1.54) is 0 Å². The predicted molar refractivity (Wildman–Crippen MR) is 79.4 cm³/mol. The fourth-order valence-corrected chi connectivity index (χ4v) is 2.14. The maximum Gasteiger partial charge on any atom is 0.337 e. The van der Waals surface area contributed by atoms with E-state index in [4.69, 9.17) is 0 Å². The molecule has 0 aliphatic carbocycles. The Morgan fingerprint density at radius 3 is 2.40 bits per heavy atom. The first-order chi connectivity index (χ1) is 9.22. The van der Waals surface area contributed by atoms with E-state index in [0.29, 0.717) is 18.2 Å². The maximum absolute atomic E-state index is 12.1. The van der Waals surface area contributed by atoms with Gasteiger partial charge >= 0.3 is 12.0 Å². The number of carbonyl (C=O) groups excluding carboxylic acids is 1. The third kappa shape index (κ3) is 3.98. The van der Waals surface area contributed by atoms with Gasteiger partial charge in [0.25, 0.3) is 0 Å². The largest absolute Gasteiger partial charge is 0.478 e. The third-order valence-electron chi connectivity index (χ3n) is 2.93. The normalized spacial score (nSPS) is 10.5. The highest BCUT2D eigenvalue weighted by atomic mass is 16.4. The number of hydrogen-bond donors (Lipinski definition) is 2. The summed E-state index contributed by atoms with van der Waals surface area (Å²) in [6.45, 7) is 8.26. The van der Waals surface area contributed by atoms with Crippen molar-refractivity contribution < 1.29 is 14.7 Å². The topological polar surface area (TPSA) is 69.6 Å². The van der Waals surface area contributed by atoms with Gasteiger partial charge in [-0.2, -0.15) is 0 Å². The molecule has 0 saturated heterocycles. The Bertz CT molecular complexity index is 524. The lowest BCUT2D eigenvalue weighted by Gasteiger charge is -2.21. The van der Waals surface area contributed by atoms with Gasteiger partial charge in [-0.05, 0) is 37.0 Å².